The molecule has 1 aliphatic heterocycles. The van der Waals surface area contributed by atoms with Crippen molar-refractivity contribution in [2.24, 2.45) is 0 Å². The highest BCUT2D eigenvalue weighted by Crippen LogP contribution is 2.17. The molecule has 1 heterocycles. The third kappa shape index (κ3) is 9.72. The van der Waals surface area contributed by atoms with Crippen molar-refractivity contribution in [1.82, 2.24) is 9.62 Å². The molecule has 0 saturated carbocycles. The van der Waals surface area contributed by atoms with Gasteiger partial charge in [-0.2, -0.15) is 13.2 Å². The largest absolute Gasteiger partial charge is 0.472 e. The van der Waals surface area contributed by atoms with Crippen LogP contribution in [0, 0.1) is 0 Å². The molecule has 1 N–H and O–H groups in total. The Morgan fingerprint density at radius 3 is 2.14 bits per heavy atom. The molecule has 0 radical (unpaired) electrons. The second-order valence-corrected chi connectivity index (χ2v) is 6.37. The molecule has 0 aliphatic carbocycles. The summed E-state index contributed by atoms with van der Waals surface area (Å²) in [5.74, 6) is -0.130. The molecule has 0 bridgehead atoms. The molecule has 0 atom stereocenters. The third-order valence-electron chi connectivity index (χ3n) is 1.97. The number of rotatable bonds is 0. The summed E-state index contributed by atoms with van der Waals surface area (Å²) in [7, 11) is 0. The maximum absolute atomic E-state index is 11.5. The van der Waals surface area contributed by atoms with E-state index in [2.05, 4.69) is 12.8 Å². The Labute approximate surface area is 131 Å². The monoisotopic (exact) mass is 348 g/mol. The average Bonchev–Trinajstić information content (AvgIpc) is 2.36. The molecule has 0 unspecified atom stereocenters. The van der Waals surface area contributed by atoms with Gasteiger partial charge in [0.15, 0.2) is 0 Å². The molecular weight excluding hydrogens is 329 g/mol. The minimum atomic E-state index is -4.82. The SMILES string of the molecule is CC(C)(C)OC(=O)N1CCCSC1.O=C(NS)C(F)(F)F. The van der Waals surface area contributed by atoms with Gasteiger partial charge in [0, 0.05) is 6.54 Å². The predicted octanol–water partition coefficient (Wildman–Crippen LogP) is 2.83. The topological polar surface area (TPSA) is 58.6 Å². The number of hydrogen-bond acceptors (Lipinski definition) is 5. The maximum atomic E-state index is 11.5. The van der Waals surface area contributed by atoms with Gasteiger partial charge >= 0.3 is 18.2 Å². The highest BCUT2D eigenvalue weighted by molar-refractivity contribution is 7.99. The number of ether oxygens (including phenoxy) is 1. The molecule has 21 heavy (non-hydrogen) atoms. The summed E-state index contributed by atoms with van der Waals surface area (Å²) in [6.45, 7) is 6.51. The van der Waals surface area contributed by atoms with Crippen LogP contribution in [0.3, 0.4) is 0 Å². The van der Waals surface area contributed by atoms with E-state index in [0.29, 0.717) is 0 Å². The number of thiol groups is 1. The zero-order chi connectivity index (χ0) is 16.7. The number of amides is 2. The summed E-state index contributed by atoms with van der Waals surface area (Å²) in [6.07, 6.45) is -3.93. The lowest BCUT2D eigenvalue weighted by atomic mass is 10.2. The molecule has 0 aromatic rings. The first kappa shape index (κ1) is 20.2. The smallest absolute Gasteiger partial charge is 0.444 e. The zero-order valence-electron chi connectivity index (χ0n) is 12.0. The molecule has 1 fully saturated rings. The Kier molecular flexibility index (Phi) is 8.30. The van der Waals surface area contributed by atoms with Crippen LogP contribution in [0.15, 0.2) is 0 Å². The minimum Gasteiger partial charge on any atom is -0.444 e. The van der Waals surface area contributed by atoms with E-state index in [-0.39, 0.29) is 11.7 Å². The summed E-state index contributed by atoms with van der Waals surface area (Å²) in [5.41, 5.74) is -0.376. The fourth-order valence-corrected chi connectivity index (χ4v) is 2.17. The first-order valence-corrected chi connectivity index (χ1v) is 7.64. The van der Waals surface area contributed by atoms with Gasteiger partial charge in [0.2, 0.25) is 0 Å². The number of nitrogens with one attached hydrogen (secondary N) is 1. The molecule has 10 heteroatoms. The Morgan fingerprint density at radius 1 is 1.29 bits per heavy atom. The maximum Gasteiger partial charge on any atom is 0.472 e. The van der Waals surface area contributed by atoms with Crippen LogP contribution in [0.1, 0.15) is 27.2 Å². The number of carbonyl (C=O) groups is 2. The van der Waals surface area contributed by atoms with Gasteiger partial charge in [-0.05, 0) is 32.9 Å². The Balaban J connectivity index is 0.000000433. The van der Waals surface area contributed by atoms with Crippen molar-refractivity contribution in [2.45, 2.75) is 39.0 Å². The van der Waals surface area contributed by atoms with Crippen LogP contribution in [0.25, 0.3) is 0 Å². The first-order valence-electron chi connectivity index (χ1n) is 6.04. The van der Waals surface area contributed by atoms with E-state index >= 15 is 0 Å². The van der Waals surface area contributed by atoms with Crippen LogP contribution in [0.4, 0.5) is 18.0 Å². The zero-order valence-corrected chi connectivity index (χ0v) is 13.7. The second kappa shape index (κ2) is 8.62. The lowest BCUT2D eigenvalue weighted by molar-refractivity contribution is -0.171. The number of alkyl halides is 3. The lowest BCUT2D eigenvalue weighted by Gasteiger charge is -2.29. The van der Waals surface area contributed by atoms with Gasteiger partial charge in [0.05, 0.1) is 5.88 Å². The normalized spacial score (nSPS) is 15.7. The van der Waals surface area contributed by atoms with Crippen LogP contribution in [-0.4, -0.2) is 46.9 Å². The number of hydrogen-bond donors (Lipinski definition) is 2. The van der Waals surface area contributed by atoms with E-state index in [1.807, 2.05) is 20.8 Å². The number of nitrogens with zero attached hydrogens (tertiary/aromatic N) is 1. The number of thioether (sulfide) groups is 1. The van der Waals surface area contributed by atoms with Gasteiger partial charge in [0.1, 0.15) is 5.60 Å². The minimum absolute atomic E-state index is 0.181. The first-order chi connectivity index (χ1) is 9.47. The van der Waals surface area contributed by atoms with E-state index < -0.39 is 12.1 Å². The molecule has 0 spiro atoms. The fourth-order valence-electron chi connectivity index (χ4n) is 1.13. The van der Waals surface area contributed by atoms with E-state index in [1.165, 1.54) is 0 Å². The quantitative estimate of drug-likeness (QED) is 0.661. The van der Waals surface area contributed by atoms with E-state index in [9.17, 15) is 22.8 Å². The molecule has 0 aromatic heterocycles. The van der Waals surface area contributed by atoms with E-state index in [1.54, 1.807) is 16.7 Å². The predicted molar refractivity (Wildman–Crippen MR) is 78.1 cm³/mol. The molecular formula is C11H19F3N2O3S2. The van der Waals surface area contributed by atoms with E-state index in [4.69, 9.17) is 4.74 Å². The Bertz CT molecular complexity index is 354. The van der Waals surface area contributed by atoms with Crippen molar-refractivity contribution < 1.29 is 27.5 Å². The van der Waals surface area contributed by atoms with Crippen molar-refractivity contribution in [3.05, 3.63) is 0 Å². The molecule has 124 valence electrons. The van der Waals surface area contributed by atoms with Gasteiger partial charge in [-0.15, -0.1) is 11.8 Å². The molecule has 1 saturated heterocycles. The standard InChI is InChI=1S/C9H17NO2S.C2H2F3NOS/c1-9(2,3)12-8(11)10-5-4-6-13-7-10;3-2(4,5)1(7)6-8/h4-7H2,1-3H3;8H,(H,6,7). The van der Waals surface area contributed by atoms with Crippen molar-refractivity contribution >= 4 is 36.6 Å². The van der Waals surface area contributed by atoms with Gasteiger partial charge in [-0.3, -0.25) is 14.4 Å². The molecule has 1 rings (SSSR count). The Hall–Kier alpha value is -0.770. The second-order valence-electron chi connectivity index (χ2n) is 5.07. The van der Waals surface area contributed by atoms with Crippen LogP contribution < -0.4 is 4.72 Å². The van der Waals surface area contributed by atoms with Crippen molar-refractivity contribution in [2.75, 3.05) is 18.2 Å². The number of halogens is 3. The molecule has 0 aromatic carbocycles. The highest BCUT2D eigenvalue weighted by Gasteiger charge is 2.37. The van der Waals surface area contributed by atoms with Crippen LogP contribution >= 0.6 is 24.6 Å². The third-order valence-corrected chi connectivity index (χ3v) is 3.25. The molecule has 5 nitrogen and oxygen atoms in total. The van der Waals surface area contributed by atoms with E-state index in [0.717, 1.165) is 29.3 Å². The van der Waals surface area contributed by atoms with Crippen molar-refractivity contribution in [3.63, 3.8) is 0 Å². The summed E-state index contributed by atoms with van der Waals surface area (Å²) in [6, 6.07) is 0. The van der Waals surface area contributed by atoms with Gasteiger partial charge in [0.25, 0.3) is 0 Å². The summed E-state index contributed by atoms with van der Waals surface area (Å²) >= 11 is 4.67. The highest BCUT2D eigenvalue weighted by atomic mass is 32.2. The molecule has 2 amide bonds. The van der Waals surface area contributed by atoms with Crippen LogP contribution in [0.2, 0.25) is 0 Å². The summed E-state index contributed by atoms with van der Waals surface area (Å²) < 4.78 is 39.4. The lowest BCUT2D eigenvalue weighted by Crippen LogP contribution is -2.39. The van der Waals surface area contributed by atoms with Crippen molar-refractivity contribution in [1.29, 1.82) is 0 Å². The molecule has 1 aliphatic rings. The van der Waals surface area contributed by atoms with Gasteiger partial charge in [-0.1, -0.05) is 12.8 Å². The van der Waals surface area contributed by atoms with Crippen LogP contribution in [-0.2, 0) is 9.53 Å². The van der Waals surface area contributed by atoms with Gasteiger partial charge in [-0.25, -0.2) is 4.79 Å². The Morgan fingerprint density at radius 2 is 1.86 bits per heavy atom. The number of carbonyl (C=O) groups excluding carboxylic acids is 2. The summed E-state index contributed by atoms with van der Waals surface area (Å²) in [4.78, 5) is 22.8. The van der Waals surface area contributed by atoms with Crippen LogP contribution in [0.5, 0.6) is 0 Å². The summed E-state index contributed by atoms with van der Waals surface area (Å²) in [5, 5.41) is 0. The average molecular weight is 348 g/mol. The fraction of sp³-hybridized carbons (Fsp3) is 0.818. The van der Waals surface area contributed by atoms with Crippen molar-refractivity contribution in [3.8, 4) is 0 Å². The van der Waals surface area contributed by atoms with Gasteiger partial charge < -0.3 is 4.74 Å².